The number of nitrogens with one attached hydrogen (secondary N) is 1. The average Bonchev–Trinajstić information content (AvgIpc) is 3.03. The van der Waals surface area contributed by atoms with Crippen LogP contribution >= 0.6 is 11.3 Å². The Morgan fingerprint density at radius 1 is 1.12 bits per heavy atom. The number of ether oxygens (including phenoxy) is 1. The maximum atomic E-state index is 12.5. The van der Waals surface area contributed by atoms with Gasteiger partial charge in [-0.15, -0.1) is 11.3 Å². The predicted molar refractivity (Wildman–Crippen MR) is 101 cm³/mol. The summed E-state index contributed by atoms with van der Waals surface area (Å²) in [5, 5.41) is 2.19. The highest BCUT2D eigenvalue weighted by atomic mass is 32.2. The highest BCUT2D eigenvalue weighted by Gasteiger charge is 2.17. The van der Waals surface area contributed by atoms with Gasteiger partial charge in [0.25, 0.3) is 10.0 Å². The molecule has 1 heterocycles. The van der Waals surface area contributed by atoms with Crippen molar-refractivity contribution in [2.24, 2.45) is 0 Å². The van der Waals surface area contributed by atoms with Gasteiger partial charge in [0.05, 0.1) is 17.2 Å². The number of rotatable bonds is 6. The molecule has 0 saturated carbocycles. The molecule has 1 N–H and O–H groups in total. The second-order valence-electron chi connectivity index (χ2n) is 5.36. The molecule has 130 valence electrons. The molecule has 0 fully saturated rings. The smallest absolute Gasteiger partial charge is 0.263 e. The van der Waals surface area contributed by atoms with Crippen molar-refractivity contribution in [3.63, 3.8) is 0 Å². The third kappa shape index (κ3) is 4.00. The van der Waals surface area contributed by atoms with E-state index in [1.165, 1.54) is 23.5 Å². The van der Waals surface area contributed by atoms with Gasteiger partial charge in [0.1, 0.15) is 5.75 Å². The summed E-state index contributed by atoms with van der Waals surface area (Å²) in [5.41, 5.74) is 2.84. The van der Waals surface area contributed by atoms with Gasteiger partial charge in [-0.05, 0) is 43.7 Å². The van der Waals surface area contributed by atoms with Crippen LogP contribution in [0, 0.1) is 6.92 Å². The minimum absolute atomic E-state index is 0.170. The summed E-state index contributed by atoms with van der Waals surface area (Å²) in [4.78, 5) is 4.57. The van der Waals surface area contributed by atoms with Crippen molar-refractivity contribution in [1.82, 2.24) is 4.98 Å². The summed E-state index contributed by atoms with van der Waals surface area (Å²) >= 11 is 1.26. The Bertz CT molecular complexity index is 964. The van der Waals surface area contributed by atoms with Crippen molar-refractivity contribution in [2.75, 3.05) is 11.3 Å². The van der Waals surface area contributed by atoms with E-state index < -0.39 is 10.0 Å². The Labute approximate surface area is 151 Å². The number of thiazole rings is 1. The number of hydrogen-bond acceptors (Lipinski definition) is 5. The lowest BCUT2D eigenvalue weighted by atomic mass is 10.1. The lowest BCUT2D eigenvalue weighted by Gasteiger charge is -2.07. The van der Waals surface area contributed by atoms with Crippen LogP contribution in [0.4, 0.5) is 5.13 Å². The first-order valence-electron chi connectivity index (χ1n) is 7.77. The quantitative estimate of drug-likeness (QED) is 0.698. The van der Waals surface area contributed by atoms with Crippen LogP contribution in [0.25, 0.3) is 11.3 Å². The standard InChI is InChI=1S/C18H18N2O3S2/c1-3-23-14-8-10-15(11-9-14)25(21,22)20-18-19-17(12-24-18)16-7-5-4-6-13(16)2/h4-12H,3H2,1-2H3,(H,19,20). The summed E-state index contributed by atoms with van der Waals surface area (Å²) in [7, 11) is -3.68. The Balaban J connectivity index is 1.81. The molecule has 0 spiro atoms. The fraction of sp³-hybridized carbons (Fsp3) is 0.167. The largest absolute Gasteiger partial charge is 0.494 e. The van der Waals surface area contributed by atoms with Crippen LogP contribution in [0.1, 0.15) is 12.5 Å². The molecule has 0 aliphatic heterocycles. The molecule has 0 aliphatic carbocycles. The first-order chi connectivity index (χ1) is 12.0. The predicted octanol–water partition coefficient (Wildman–Crippen LogP) is 4.32. The highest BCUT2D eigenvalue weighted by Crippen LogP contribution is 2.28. The molecule has 0 unspecified atom stereocenters. The van der Waals surface area contributed by atoms with Gasteiger partial charge < -0.3 is 4.74 Å². The number of nitrogens with zero attached hydrogens (tertiary/aromatic N) is 1. The average molecular weight is 374 g/mol. The maximum absolute atomic E-state index is 12.5. The SMILES string of the molecule is CCOc1ccc(S(=O)(=O)Nc2nc(-c3ccccc3C)cs2)cc1. The van der Waals surface area contributed by atoms with Gasteiger partial charge in [0.2, 0.25) is 0 Å². The van der Waals surface area contributed by atoms with E-state index in [4.69, 9.17) is 4.74 Å². The van der Waals surface area contributed by atoms with Crippen LogP contribution in [-0.4, -0.2) is 20.0 Å². The molecule has 2 aromatic carbocycles. The molecule has 0 amide bonds. The van der Waals surface area contributed by atoms with Crippen molar-refractivity contribution in [3.05, 3.63) is 59.5 Å². The zero-order chi connectivity index (χ0) is 17.9. The topological polar surface area (TPSA) is 68.3 Å². The molecule has 25 heavy (non-hydrogen) atoms. The normalized spacial score (nSPS) is 11.3. The summed E-state index contributed by atoms with van der Waals surface area (Å²) < 4.78 is 32.9. The number of aryl methyl sites for hydroxylation is 1. The number of benzene rings is 2. The van der Waals surface area contributed by atoms with E-state index in [0.29, 0.717) is 17.5 Å². The van der Waals surface area contributed by atoms with Gasteiger partial charge in [-0.3, -0.25) is 4.72 Å². The Hall–Kier alpha value is -2.38. The molecule has 0 aliphatic rings. The highest BCUT2D eigenvalue weighted by molar-refractivity contribution is 7.93. The van der Waals surface area contributed by atoms with Crippen molar-refractivity contribution in [2.45, 2.75) is 18.7 Å². The number of anilines is 1. The van der Waals surface area contributed by atoms with Crippen LogP contribution in [0.2, 0.25) is 0 Å². The van der Waals surface area contributed by atoms with E-state index in [-0.39, 0.29) is 4.90 Å². The molecular formula is C18H18N2O3S2. The van der Waals surface area contributed by atoms with E-state index in [2.05, 4.69) is 9.71 Å². The summed E-state index contributed by atoms with van der Waals surface area (Å²) in [6.07, 6.45) is 0. The number of sulfonamides is 1. The summed E-state index contributed by atoms with van der Waals surface area (Å²) in [6.45, 7) is 4.41. The minimum Gasteiger partial charge on any atom is -0.494 e. The zero-order valence-electron chi connectivity index (χ0n) is 13.9. The van der Waals surface area contributed by atoms with E-state index in [9.17, 15) is 8.42 Å². The van der Waals surface area contributed by atoms with E-state index >= 15 is 0 Å². The van der Waals surface area contributed by atoms with Crippen LogP contribution in [0.3, 0.4) is 0 Å². The molecular weight excluding hydrogens is 356 g/mol. The Morgan fingerprint density at radius 3 is 2.52 bits per heavy atom. The van der Waals surface area contributed by atoms with Crippen LogP contribution in [0.15, 0.2) is 58.8 Å². The van der Waals surface area contributed by atoms with Crippen LogP contribution in [-0.2, 0) is 10.0 Å². The molecule has 0 radical (unpaired) electrons. The van der Waals surface area contributed by atoms with Gasteiger partial charge in [0, 0.05) is 10.9 Å². The second kappa shape index (κ2) is 7.25. The summed E-state index contributed by atoms with van der Waals surface area (Å²) in [5.74, 6) is 0.637. The molecule has 0 atom stereocenters. The monoisotopic (exact) mass is 374 g/mol. The Kier molecular flexibility index (Phi) is 5.06. The Morgan fingerprint density at radius 2 is 1.84 bits per heavy atom. The molecule has 5 nitrogen and oxygen atoms in total. The lowest BCUT2D eigenvalue weighted by Crippen LogP contribution is -2.12. The molecule has 3 aromatic rings. The first kappa shape index (κ1) is 17.4. The first-order valence-corrected chi connectivity index (χ1v) is 10.1. The van der Waals surface area contributed by atoms with Gasteiger partial charge in [-0.1, -0.05) is 24.3 Å². The van der Waals surface area contributed by atoms with Gasteiger partial charge in [-0.25, -0.2) is 13.4 Å². The zero-order valence-corrected chi connectivity index (χ0v) is 15.5. The van der Waals surface area contributed by atoms with Crippen LogP contribution < -0.4 is 9.46 Å². The van der Waals surface area contributed by atoms with Crippen LogP contribution in [0.5, 0.6) is 5.75 Å². The molecule has 3 rings (SSSR count). The van der Waals surface area contributed by atoms with Crippen molar-refractivity contribution in [1.29, 1.82) is 0 Å². The van der Waals surface area contributed by atoms with Crippen molar-refractivity contribution in [3.8, 4) is 17.0 Å². The third-order valence-corrected chi connectivity index (χ3v) is 5.83. The maximum Gasteiger partial charge on any atom is 0.263 e. The summed E-state index contributed by atoms with van der Waals surface area (Å²) in [6, 6.07) is 14.2. The van der Waals surface area contributed by atoms with Gasteiger partial charge in [-0.2, -0.15) is 0 Å². The van der Waals surface area contributed by atoms with Gasteiger partial charge >= 0.3 is 0 Å². The van der Waals surface area contributed by atoms with Gasteiger partial charge in [0.15, 0.2) is 5.13 Å². The van der Waals surface area contributed by atoms with Crippen molar-refractivity contribution < 1.29 is 13.2 Å². The lowest BCUT2D eigenvalue weighted by molar-refractivity contribution is 0.340. The minimum atomic E-state index is -3.68. The van der Waals surface area contributed by atoms with Crippen molar-refractivity contribution >= 4 is 26.5 Å². The molecule has 0 bridgehead atoms. The molecule has 7 heteroatoms. The van der Waals surface area contributed by atoms with E-state index in [1.54, 1.807) is 12.1 Å². The third-order valence-electron chi connectivity index (χ3n) is 3.59. The number of aromatic nitrogens is 1. The molecule has 0 saturated heterocycles. The van der Waals surface area contributed by atoms with E-state index in [1.807, 2.05) is 43.5 Å². The fourth-order valence-electron chi connectivity index (χ4n) is 2.36. The molecule has 1 aromatic heterocycles. The van der Waals surface area contributed by atoms with E-state index in [0.717, 1.165) is 16.8 Å². The fourth-order valence-corrected chi connectivity index (χ4v) is 4.32. The second-order valence-corrected chi connectivity index (χ2v) is 7.90. The number of hydrogen-bond donors (Lipinski definition) is 1.